The van der Waals surface area contributed by atoms with Crippen molar-refractivity contribution in [3.63, 3.8) is 0 Å². The molecule has 18 heavy (non-hydrogen) atoms. The first kappa shape index (κ1) is 13.8. The van der Waals surface area contributed by atoms with Crippen molar-refractivity contribution in [2.24, 2.45) is 0 Å². The largest absolute Gasteiger partial charge is 1.00 e. The molecule has 1 heterocycles. The van der Waals surface area contributed by atoms with Gasteiger partial charge in [-0.1, -0.05) is 18.2 Å². The van der Waals surface area contributed by atoms with Crippen LogP contribution in [0.4, 0.5) is 0 Å². The molecule has 0 saturated heterocycles. The summed E-state index contributed by atoms with van der Waals surface area (Å²) in [6.45, 7) is 0. The van der Waals surface area contributed by atoms with Crippen LogP contribution in [0.3, 0.4) is 0 Å². The van der Waals surface area contributed by atoms with Crippen molar-refractivity contribution in [2.45, 2.75) is 6.42 Å². The number of aromatic carboxylic acids is 1. The zero-order valence-electron chi connectivity index (χ0n) is 9.97. The van der Waals surface area contributed by atoms with Crippen LogP contribution in [-0.4, -0.2) is 5.97 Å². The summed E-state index contributed by atoms with van der Waals surface area (Å²) in [5, 5.41) is 10.8. The Kier molecular flexibility index (Phi) is 4.24. The Morgan fingerprint density at radius 2 is 1.78 bits per heavy atom. The van der Waals surface area contributed by atoms with Gasteiger partial charge in [-0.3, -0.25) is 0 Å². The molecule has 0 aliphatic carbocycles. The summed E-state index contributed by atoms with van der Waals surface area (Å²) < 4.78 is 5.70. The number of hydrogen-bond acceptors (Lipinski definition) is 3. The van der Waals surface area contributed by atoms with Gasteiger partial charge in [0, 0.05) is 6.42 Å². The SMILES string of the molecule is O=C([O-])c1ccc2c(c1)Cc1ccccc1O2.[K+]. The van der Waals surface area contributed by atoms with E-state index >= 15 is 0 Å². The molecule has 0 radical (unpaired) electrons. The Hall–Kier alpha value is -0.654. The van der Waals surface area contributed by atoms with Gasteiger partial charge in [-0.2, -0.15) is 0 Å². The topological polar surface area (TPSA) is 49.4 Å². The van der Waals surface area contributed by atoms with Crippen molar-refractivity contribution in [1.82, 2.24) is 0 Å². The molecule has 0 bridgehead atoms. The maximum atomic E-state index is 10.8. The molecule has 3 rings (SSSR count). The quantitative estimate of drug-likeness (QED) is 0.516. The summed E-state index contributed by atoms with van der Waals surface area (Å²) in [7, 11) is 0. The summed E-state index contributed by atoms with van der Waals surface area (Å²) in [5.74, 6) is 0.390. The van der Waals surface area contributed by atoms with Crippen LogP contribution in [0.5, 0.6) is 11.5 Å². The maximum Gasteiger partial charge on any atom is 1.00 e. The molecule has 3 nitrogen and oxygen atoms in total. The van der Waals surface area contributed by atoms with Gasteiger partial charge in [0.15, 0.2) is 0 Å². The van der Waals surface area contributed by atoms with Gasteiger partial charge in [0.1, 0.15) is 11.5 Å². The number of carboxylic acid groups (broad SMARTS) is 1. The van der Waals surface area contributed by atoms with Crippen molar-refractivity contribution in [1.29, 1.82) is 0 Å². The fourth-order valence-corrected chi connectivity index (χ4v) is 2.02. The Bertz CT molecular complexity index is 608. The van der Waals surface area contributed by atoms with Gasteiger partial charge in [-0.15, -0.1) is 0 Å². The van der Waals surface area contributed by atoms with Crippen LogP contribution >= 0.6 is 0 Å². The molecule has 1 aliphatic heterocycles. The number of carboxylic acids is 1. The normalized spacial score (nSPS) is 11.6. The molecule has 84 valence electrons. The second-order valence-electron chi connectivity index (χ2n) is 4.00. The number of fused-ring (bicyclic) bond motifs is 2. The zero-order chi connectivity index (χ0) is 11.8. The standard InChI is InChI=1S/C14H10O3.K/c15-14(16)10-5-6-13-11(8-10)7-9-3-1-2-4-12(9)17-13;/h1-6,8H,7H2,(H,15,16);/q;+1/p-1. The van der Waals surface area contributed by atoms with Crippen molar-refractivity contribution in [2.75, 3.05) is 0 Å². The van der Waals surface area contributed by atoms with E-state index in [-0.39, 0.29) is 56.9 Å². The van der Waals surface area contributed by atoms with E-state index in [0.717, 1.165) is 16.9 Å². The van der Waals surface area contributed by atoms with Gasteiger partial charge in [0.25, 0.3) is 0 Å². The molecule has 0 unspecified atom stereocenters. The third kappa shape index (κ3) is 2.53. The number of carbonyl (C=O) groups excluding carboxylic acids is 1. The van der Waals surface area contributed by atoms with Gasteiger partial charge in [-0.25, -0.2) is 0 Å². The van der Waals surface area contributed by atoms with Crippen molar-refractivity contribution in [3.05, 3.63) is 59.2 Å². The minimum Gasteiger partial charge on any atom is -0.545 e. The second-order valence-corrected chi connectivity index (χ2v) is 4.00. The fraction of sp³-hybridized carbons (Fsp3) is 0.0714. The molecule has 0 amide bonds. The number of para-hydroxylation sites is 1. The number of carbonyl (C=O) groups is 1. The van der Waals surface area contributed by atoms with Crippen LogP contribution in [0.15, 0.2) is 42.5 Å². The monoisotopic (exact) mass is 264 g/mol. The molecule has 4 heteroatoms. The number of ether oxygens (including phenoxy) is 1. The van der Waals surface area contributed by atoms with Crippen LogP contribution < -0.4 is 61.2 Å². The first-order valence-electron chi connectivity index (χ1n) is 5.34. The van der Waals surface area contributed by atoms with E-state index in [1.807, 2.05) is 24.3 Å². The molecule has 2 aromatic rings. The van der Waals surface area contributed by atoms with Gasteiger partial charge in [0.05, 0.1) is 5.97 Å². The molecule has 0 saturated carbocycles. The van der Waals surface area contributed by atoms with Crippen LogP contribution in [-0.2, 0) is 6.42 Å². The number of rotatable bonds is 1. The van der Waals surface area contributed by atoms with Gasteiger partial charge in [-0.05, 0) is 41.0 Å². The molecular formula is C14H9KO3. The summed E-state index contributed by atoms with van der Waals surface area (Å²) >= 11 is 0. The molecule has 0 fully saturated rings. The summed E-state index contributed by atoms with van der Waals surface area (Å²) in [6.07, 6.45) is 0.687. The predicted molar refractivity (Wildman–Crippen MR) is 60.1 cm³/mol. The molecule has 0 atom stereocenters. The van der Waals surface area contributed by atoms with E-state index in [1.54, 1.807) is 12.1 Å². The average Bonchev–Trinajstić information content (AvgIpc) is 2.35. The Morgan fingerprint density at radius 1 is 1.06 bits per heavy atom. The van der Waals surface area contributed by atoms with E-state index < -0.39 is 5.97 Å². The van der Waals surface area contributed by atoms with Gasteiger partial charge >= 0.3 is 51.4 Å². The Balaban J connectivity index is 0.00000120. The molecular weight excluding hydrogens is 255 g/mol. The summed E-state index contributed by atoms with van der Waals surface area (Å²) in [6, 6.07) is 12.5. The first-order valence-corrected chi connectivity index (χ1v) is 5.34. The van der Waals surface area contributed by atoms with E-state index in [4.69, 9.17) is 4.74 Å². The van der Waals surface area contributed by atoms with Crippen LogP contribution in [0.25, 0.3) is 0 Å². The third-order valence-electron chi connectivity index (χ3n) is 2.87. The number of benzene rings is 2. The average molecular weight is 264 g/mol. The molecule has 2 aromatic carbocycles. The van der Waals surface area contributed by atoms with Crippen LogP contribution in [0, 0.1) is 0 Å². The van der Waals surface area contributed by atoms with Crippen LogP contribution in [0.1, 0.15) is 21.5 Å². The van der Waals surface area contributed by atoms with Crippen molar-refractivity contribution >= 4 is 5.97 Å². The minimum absolute atomic E-state index is 0. The molecule has 1 aliphatic rings. The van der Waals surface area contributed by atoms with Gasteiger partial charge < -0.3 is 14.6 Å². The maximum absolute atomic E-state index is 10.8. The summed E-state index contributed by atoms with van der Waals surface area (Å²) in [4.78, 5) is 10.8. The molecule has 0 spiro atoms. The van der Waals surface area contributed by atoms with Crippen molar-refractivity contribution < 1.29 is 66.0 Å². The summed E-state index contributed by atoms with van der Waals surface area (Å²) in [5.41, 5.74) is 2.13. The van der Waals surface area contributed by atoms with E-state index in [9.17, 15) is 9.90 Å². The van der Waals surface area contributed by atoms with E-state index in [1.165, 1.54) is 6.07 Å². The van der Waals surface area contributed by atoms with Crippen LogP contribution in [0.2, 0.25) is 0 Å². The van der Waals surface area contributed by atoms with E-state index in [0.29, 0.717) is 12.2 Å². The zero-order valence-corrected chi connectivity index (χ0v) is 13.1. The Morgan fingerprint density at radius 3 is 2.56 bits per heavy atom. The first-order chi connectivity index (χ1) is 8.24. The van der Waals surface area contributed by atoms with Gasteiger partial charge in [0.2, 0.25) is 0 Å². The third-order valence-corrected chi connectivity index (χ3v) is 2.87. The van der Waals surface area contributed by atoms with E-state index in [2.05, 4.69) is 0 Å². The molecule has 0 N–H and O–H groups in total. The molecule has 0 aromatic heterocycles. The smallest absolute Gasteiger partial charge is 0.545 e. The predicted octanol–water partition coefficient (Wildman–Crippen LogP) is -1.25. The second kappa shape index (κ2) is 5.55. The fourth-order valence-electron chi connectivity index (χ4n) is 2.02. The number of hydrogen-bond donors (Lipinski definition) is 0. The van der Waals surface area contributed by atoms with Crippen molar-refractivity contribution in [3.8, 4) is 11.5 Å². The minimum atomic E-state index is -1.16. The Labute approximate surface area is 147 Å².